The summed E-state index contributed by atoms with van der Waals surface area (Å²) in [5.41, 5.74) is 0. The highest BCUT2D eigenvalue weighted by Crippen LogP contribution is 2.25. The Balaban J connectivity index is 1.71. The zero-order valence-electron chi connectivity index (χ0n) is 13.7. The maximum Gasteiger partial charge on any atom is 0.161 e. The van der Waals surface area contributed by atoms with Gasteiger partial charge in [0, 0.05) is 38.8 Å². The van der Waals surface area contributed by atoms with Gasteiger partial charge in [0.05, 0.1) is 13.7 Å². The van der Waals surface area contributed by atoms with Crippen molar-refractivity contribution in [3.05, 3.63) is 24.3 Å². The average Bonchev–Trinajstić information content (AvgIpc) is 2.58. The lowest BCUT2D eigenvalue weighted by molar-refractivity contribution is 0.0582. The summed E-state index contributed by atoms with van der Waals surface area (Å²) in [5.74, 6) is 1.58. The highest BCUT2D eigenvalue weighted by molar-refractivity contribution is 5.39. The second kappa shape index (κ2) is 8.98. The number of para-hydroxylation sites is 2. The molecule has 2 rings (SSSR count). The third-order valence-electron chi connectivity index (χ3n) is 4.34. The Hall–Kier alpha value is -1.30. The van der Waals surface area contributed by atoms with Gasteiger partial charge >= 0.3 is 0 Å². The fraction of sp³-hybridized carbons (Fsp3) is 0.647. The molecule has 1 atom stereocenters. The topological polar surface area (TPSA) is 45.2 Å². The van der Waals surface area contributed by atoms with Crippen LogP contribution in [0.5, 0.6) is 11.5 Å². The zero-order chi connectivity index (χ0) is 15.8. The largest absolute Gasteiger partial charge is 0.493 e. The van der Waals surface area contributed by atoms with Crippen LogP contribution in [-0.4, -0.2) is 74.0 Å². The van der Waals surface area contributed by atoms with Gasteiger partial charge < -0.3 is 14.6 Å². The first-order valence-electron chi connectivity index (χ1n) is 8.11. The van der Waals surface area contributed by atoms with Crippen molar-refractivity contribution >= 4 is 0 Å². The molecular weight excluding hydrogens is 280 g/mol. The van der Waals surface area contributed by atoms with Crippen LogP contribution in [0.3, 0.4) is 0 Å². The number of aliphatic hydroxyl groups is 1. The maximum atomic E-state index is 9.37. The number of ether oxygens (including phenoxy) is 2. The number of benzene rings is 1. The normalized spacial score (nSPS) is 18.1. The summed E-state index contributed by atoms with van der Waals surface area (Å²) in [6, 6.07) is 8.05. The maximum absolute atomic E-state index is 9.37. The Morgan fingerprint density at radius 1 is 1.14 bits per heavy atom. The lowest BCUT2D eigenvalue weighted by Gasteiger charge is -2.38. The third kappa shape index (κ3) is 4.60. The van der Waals surface area contributed by atoms with Crippen LogP contribution in [0.1, 0.15) is 13.3 Å². The molecule has 0 aromatic heterocycles. The molecule has 5 heteroatoms. The van der Waals surface area contributed by atoms with Crippen molar-refractivity contribution in [2.45, 2.75) is 19.4 Å². The van der Waals surface area contributed by atoms with Crippen molar-refractivity contribution in [2.75, 3.05) is 53.0 Å². The molecule has 1 heterocycles. The summed E-state index contributed by atoms with van der Waals surface area (Å²) < 4.78 is 11.1. The van der Waals surface area contributed by atoms with E-state index >= 15 is 0 Å². The number of aliphatic hydroxyl groups excluding tert-OH is 1. The van der Waals surface area contributed by atoms with Crippen LogP contribution in [0.25, 0.3) is 0 Å². The number of hydrogen-bond acceptors (Lipinski definition) is 5. The molecule has 1 aliphatic rings. The molecule has 1 aliphatic heterocycles. The molecule has 1 unspecified atom stereocenters. The van der Waals surface area contributed by atoms with Gasteiger partial charge in [-0.25, -0.2) is 0 Å². The Morgan fingerprint density at radius 3 is 2.41 bits per heavy atom. The van der Waals surface area contributed by atoms with Gasteiger partial charge in [-0.2, -0.15) is 0 Å². The molecule has 1 fully saturated rings. The molecule has 1 saturated heterocycles. The summed E-state index contributed by atoms with van der Waals surface area (Å²) >= 11 is 0. The highest BCUT2D eigenvalue weighted by atomic mass is 16.5. The summed E-state index contributed by atoms with van der Waals surface area (Å²) in [7, 11) is 1.66. The van der Waals surface area contributed by atoms with Gasteiger partial charge in [0.2, 0.25) is 0 Å². The van der Waals surface area contributed by atoms with Crippen LogP contribution in [0.15, 0.2) is 24.3 Å². The Bertz CT molecular complexity index is 430. The van der Waals surface area contributed by atoms with Gasteiger partial charge in [-0.15, -0.1) is 0 Å². The average molecular weight is 308 g/mol. The minimum atomic E-state index is 0.257. The number of hydrogen-bond donors (Lipinski definition) is 1. The third-order valence-corrected chi connectivity index (χ3v) is 4.34. The van der Waals surface area contributed by atoms with Crippen LogP contribution >= 0.6 is 0 Å². The van der Waals surface area contributed by atoms with E-state index in [0.29, 0.717) is 12.6 Å². The molecule has 22 heavy (non-hydrogen) atoms. The second-order valence-electron chi connectivity index (χ2n) is 5.62. The van der Waals surface area contributed by atoms with Crippen molar-refractivity contribution in [3.8, 4) is 11.5 Å². The fourth-order valence-electron chi connectivity index (χ4n) is 2.88. The molecule has 0 radical (unpaired) electrons. The number of piperazine rings is 1. The summed E-state index contributed by atoms with van der Waals surface area (Å²) in [6.45, 7) is 8.08. The molecule has 0 aliphatic carbocycles. The van der Waals surface area contributed by atoms with Crippen LogP contribution in [0.4, 0.5) is 0 Å². The number of rotatable bonds is 8. The first kappa shape index (κ1) is 17.1. The molecule has 0 bridgehead atoms. The molecule has 124 valence electrons. The molecule has 0 saturated carbocycles. The molecule has 1 aromatic carbocycles. The van der Waals surface area contributed by atoms with E-state index in [1.54, 1.807) is 7.11 Å². The quantitative estimate of drug-likeness (QED) is 0.788. The minimum absolute atomic E-state index is 0.257. The van der Waals surface area contributed by atoms with Crippen molar-refractivity contribution in [2.24, 2.45) is 0 Å². The van der Waals surface area contributed by atoms with Gasteiger partial charge in [0.15, 0.2) is 11.5 Å². The lowest BCUT2D eigenvalue weighted by atomic mass is 10.1. The van der Waals surface area contributed by atoms with Gasteiger partial charge in [-0.05, 0) is 18.6 Å². The molecule has 1 aromatic rings. The number of methoxy groups -OCH3 is 1. The van der Waals surface area contributed by atoms with Crippen LogP contribution in [0, 0.1) is 0 Å². The first-order chi connectivity index (χ1) is 10.8. The van der Waals surface area contributed by atoms with Crippen molar-refractivity contribution in [3.63, 3.8) is 0 Å². The standard InChI is InChI=1S/C17H28N2O3/c1-3-15(14-20)19-10-8-18(9-11-19)12-13-22-17-7-5-4-6-16(17)21-2/h4-7,15,20H,3,8-14H2,1-2H3. The SMILES string of the molecule is CCC(CO)N1CCN(CCOc2ccccc2OC)CC1. The first-order valence-corrected chi connectivity index (χ1v) is 8.11. The molecule has 0 spiro atoms. The van der Waals surface area contributed by atoms with E-state index in [0.717, 1.165) is 50.6 Å². The predicted octanol–water partition coefficient (Wildman–Crippen LogP) is 1.46. The zero-order valence-corrected chi connectivity index (χ0v) is 13.7. The Kier molecular flexibility index (Phi) is 6.96. The highest BCUT2D eigenvalue weighted by Gasteiger charge is 2.21. The van der Waals surface area contributed by atoms with E-state index < -0.39 is 0 Å². The summed E-state index contributed by atoms with van der Waals surface area (Å²) in [6.07, 6.45) is 1.01. The lowest BCUT2D eigenvalue weighted by Crippen LogP contribution is -2.51. The van der Waals surface area contributed by atoms with E-state index in [2.05, 4.69) is 16.7 Å². The van der Waals surface area contributed by atoms with Gasteiger partial charge in [-0.3, -0.25) is 9.80 Å². The van der Waals surface area contributed by atoms with Crippen LogP contribution < -0.4 is 9.47 Å². The molecular formula is C17H28N2O3. The molecule has 1 N–H and O–H groups in total. The summed E-state index contributed by atoms with van der Waals surface area (Å²) in [5, 5.41) is 9.37. The van der Waals surface area contributed by atoms with Gasteiger partial charge in [-0.1, -0.05) is 19.1 Å². The van der Waals surface area contributed by atoms with Crippen molar-refractivity contribution < 1.29 is 14.6 Å². The minimum Gasteiger partial charge on any atom is -0.493 e. The van der Waals surface area contributed by atoms with Crippen LogP contribution in [-0.2, 0) is 0 Å². The summed E-state index contributed by atoms with van der Waals surface area (Å²) in [4.78, 5) is 4.80. The van der Waals surface area contributed by atoms with E-state index in [1.807, 2.05) is 24.3 Å². The van der Waals surface area contributed by atoms with Crippen LogP contribution in [0.2, 0.25) is 0 Å². The Labute approximate surface area is 133 Å². The van der Waals surface area contributed by atoms with Crippen molar-refractivity contribution in [1.82, 2.24) is 9.80 Å². The second-order valence-corrected chi connectivity index (χ2v) is 5.62. The predicted molar refractivity (Wildman–Crippen MR) is 87.7 cm³/mol. The van der Waals surface area contributed by atoms with E-state index in [-0.39, 0.29) is 6.61 Å². The molecule has 5 nitrogen and oxygen atoms in total. The van der Waals surface area contributed by atoms with E-state index in [1.165, 1.54) is 0 Å². The van der Waals surface area contributed by atoms with Crippen molar-refractivity contribution in [1.29, 1.82) is 0 Å². The number of nitrogens with zero attached hydrogens (tertiary/aromatic N) is 2. The van der Waals surface area contributed by atoms with Gasteiger partial charge in [0.1, 0.15) is 6.61 Å². The Morgan fingerprint density at radius 2 is 1.82 bits per heavy atom. The fourth-order valence-corrected chi connectivity index (χ4v) is 2.88. The smallest absolute Gasteiger partial charge is 0.161 e. The van der Waals surface area contributed by atoms with Gasteiger partial charge in [0.25, 0.3) is 0 Å². The van der Waals surface area contributed by atoms with E-state index in [9.17, 15) is 5.11 Å². The monoisotopic (exact) mass is 308 g/mol. The molecule has 0 amide bonds. The van der Waals surface area contributed by atoms with E-state index in [4.69, 9.17) is 9.47 Å².